The van der Waals surface area contributed by atoms with Crippen molar-refractivity contribution in [2.75, 3.05) is 13.7 Å². The van der Waals surface area contributed by atoms with E-state index in [1.807, 2.05) is 0 Å². The summed E-state index contributed by atoms with van der Waals surface area (Å²) >= 11 is 0. The molecule has 14 nitrogen and oxygen atoms in total. The second-order valence-electron chi connectivity index (χ2n) is 6.87. The van der Waals surface area contributed by atoms with Crippen molar-refractivity contribution in [3.63, 3.8) is 0 Å². The molecule has 6 atom stereocenters. The van der Waals surface area contributed by atoms with Crippen LogP contribution in [0.3, 0.4) is 0 Å². The summed E-state index contributed by atoms with van der Waals surface area (Å²) in [5, 5.41) is 3.46. The molecule has 0 aliphatic carbocycles. The van der Waals surface area contributed by atoms with Crippen molar-refractivity contribution < 1.29 is 56.8 Å². The minimum absolute atomic E-state index is 0.675. The number of alkyl halides is 1. The van der Waals surface area contributed by atoms with E-state index in [2.05, 4.69) is 14.8 Å². The quantitative estimate of drug-likeness (QED) is 0.149. The highest BCUT2D eigenvalue weighted by atomic mass is 19.2. The van der Waals surface area contributed by atoms with Crippen LogP contribution in [0.5, 0.6) is 0 Å². The van der Waals surface area contributed by atoms with E-state index >= 15 is 4.39 Å². The molecule has 0 bridgehead atoms. The predicted molar refractivity (Wildman–Crippen MR) is 102 cm³/mol. The summed E-state index contributed by atoms with van der Waals surface area (Å²) in [4.78, 5) is 61.0. The third kappa shape index (κ3) is 7.88. The van der Waals surface area contributed by atoms with Gasteiger partial charge in [0.15, 0.2) is 12.2 Å². The van der Waals surface area contributed by atoms with Gasteiger partial charge in [0.05, 0.1) is 13.5 Å². The first-order chi connectivity index (χ1) is 15.3. The second-order valence-corrected chi connectivity index (χ2v) is 6.87. The van der Waals surface area contributed by atoms with Crippen LogP contribution < -0.4 is 0 Å². The number of carbonyl (C=O) groups is 5. The van der Waals surface area contributed by atoms with Crippen molar-refractivity contribution in [1.29, 1.82) is 0 Å². The Morgan fingerprint density at radius 2 is 1.70 bits per heavy atom. The lowest BCUT2D eigenvalue weighted by Gasteiger charge is -2.44. The van der Waals surface area contributed by atoms with Gasteiger partial charge in [0.1, 0.15) is 24.9 Å². The van der Waals surface area contributed by atoms with Crippen LogP contribution in [0.1, 0.15) is 34.1 Å². The van der Waals surface area contributed by atoms with E-state index in [0.29, 0.717) is 0 Å². The molecule has 15 heteroatoms. The van der Waals surface area contributed by atoms with Gasteiger partial charge < -0.3 is 28.4 Å². The van der Waals surface area contributed by atoms with Crippen molar-refractivity contribution in [1.82, 2.24) is 0 Å². The summed E-state index contributed by atoms with van der Waals surface area (Å²) in [6.45, 7) is 3.31. The van der Waals surface area contributed by atoms with Crippen molar-refractivity contribution >= 4 is 29.8 Å². The lowest BCUT2D eigenvalue weighted by atomic mass is 9.89. The molecule has 0 amide bonds. The zero-order valence-corrected chi connectivity index (χ0v) is 18.5. The second kappa shape index (κ2) is 12.0. The topological polar surface area (TPSA) is 189 Å². The van der Waals surface area contributed by atoms with Crippen molar-refractivity contribution in [3.8, 4) is 0 Å². The highest BCUT2D eigenvalue weighted by Crippen LogP contribution is 2.38. The van der Waals surface area contributed by atoms with Crippen LogP contribution in [0.15, 0.2) is 5.11 Å². The molecule has 1 aliphatic rings. The fourth-order valence-electron chi connectivity index (χ4n) is 3.15. The number of carbonyl (C=O) groups excluding carboxylic acids is 5. The summed E-state index contributed by atoms with van der Waals surface area (Å²) in [5.41, 5.74) is 9.01. The highest BCUT2D eigenvalue weighted by Gasteiger charge is 2.58. The molecular weight excluding hydrogens is 453 g/mol. The number of hydrogen-bond acceptors (Lipinski definition) is 12. The molecule has 1 fully saturated rings. The lowest BCUT2D eigenvalue weighted by Crippen LogP contribution is -2.63. The molecule has 0 aromatic rings. The van der Waals surface area contributed by atoms with Crippen LogP contribution >= 0.6 is 0 Å². The fourth-order valence-corrected chi connectivity index (χ4v) is 3.15. The molecule has 33 heavy (non-hydrogen) atoms. The molecule has 0 N–H and O–H groups in total. The summed E-state index contributed by atoms with van der Waals surface area (Å²) in [7, 11) is 0.869. The summed E-state index contributed by atoms with van der Waals surface area (Å²) in [6.07, 6.45) is -7.72. The van der Waals surface area contributed by atoms with Gasteiger partial charge in [0, 0.05) is 32.6 Å². The first-order valence-corrected chi connectivity index (χ1v) is 9.49. The van der Waals surface area contributed by atoms with Gasteiger partial charge in [-0.25, -0.2) is 4.79 Å². The zero-order valence-electron chi connectivity index (χ0n) is 18.5. The van der Waals surface area contributed by atoms with E-state index in [0.717, 1.165) is 34.8 Å². The van der Waals surface area contributed by atoms with E-state index in [4.69, 9.17) is 29.2 Å². The Kier molecular flexibility index (Phi) is 10.0. The number of methoxy groups -OCH3 is 1. The Hall–Kier alpha value is -3.45. The SMILES string of the molecule is COC(=O)[C@]1(F)C[C@H](OC(C)=O)[C@@H](N=[N+]=[N-])[C@H]([C@H](OC(C)=O)[C@@H](COC(C)=O)OC(C)=O)O1. The molecule has 0 unspecified atom stereocenters. The maximum Gasteiger partial charge on any atom is 0.371 e. The minimum Gasteiger partial charge on any atom is -0.465 e. The van der Waals surface area contributed by atoms with Gasteiger partial charge in [0.2, 0.25) is 0 Å². The number of rotatable bonds is 9. The third-order valence-corrected chi connectivity index (χ3v) is 4.26. The third-order valence-electron chi connectivity index (χ3n) is 4.26. The number of hydrogen-bond donors (Lipinski definition) is 0. The Balaban J connectivity index is 3.62. The fraction of sp³-hybridized carbons (Fsp3) is 0.722. The first-order valence-electron chi connectivity index (χ1n) is 9.49. The van der Waals surface area contributed by atoms with Crippen LogP contribution in [-0.2, 0) is 52.4 Å². The predicted octanol–water partition coefficient (Wildman–Crippen LogP) is 0.651. The normalized spacial score (nSPS) is 25.9. The van der Waals surface area contributed by atoms with Gasteiger partial charge in [-0.15, -0.1) is 0 Å². The Morgan fingerprint density at radius 1 is 1.09 bits per heavy atom. The van der Waals surface area contributed by atoms with Gasteiger partial charge in [-0.1, -0.05) is 5.11 Å². The van der Waals surface area contributed by atoms with Gasteiger partial charge >= 0.3 is 35.7 Å². The summed E-state index contributed by atoms with van der Waals surface area (Å²) in [6, 6.07) is -1.56. The smallest absolute Gasteiger partial charge is 0.371 e. The molecule has 0 aromatic carbocycles. The molecule has 0 aromatic heterocycles. The number of ether oxygens (including phenoxy) is 6. The van der Waals surface area contributed by atoms with Gasteiger partial charge in [-0.05, 0) is 5.53 Å². The van der Waals surface area contributed by atoms with Crippen LogP contribution in [0, 0.1) is 0 Å². The maximum atomic E-state index is 15.5. The minimum atomic E-state index is -3.23. The van der Waals surface area contributed by atoms with Crippen LogP contribution in [-0.4, -0.2) is 79.9 Å². The average Bonchev–Trinajstić information content (AvgIpc) is 2.69. The van der Waals surface area contributed by atoms with Crippen molar-refractivity contribution in [3.05, 3.63) is 10.4 Å². The van der Waals surface area contributed by atoms with Gasteiger partial charge in [0.25, 0.3) is 0 Å². The summed E-state index contributed by atoms with van der Waals surface area (Å²) in [5.74, 6) is -8.34. The highest BCUT2D eigenvalue weighted by molar-refractivity contribution is 5.78. The van der Waals surface area contributed by atoms with Crippen LogP contribution in [0.2, 0.25) is 0 Å². The maximum absolute atomic E-state index is 15.5. The molecule has 0 saturated carbocycles. The lowest BCUT2D eigenvalue weighted by molar-refractivity contribution is -0.271. The Labute approximate surface area is 187 Å². The zero-order chi connectivity index (χ0) is 25.3. The van der Waals surface area contributed by atoms with Crippen molar-refractivity contribution in [2.24, 2.45) is 5.11 Å². The van der Waals surface area contributed by atoms with E-state index < -0.39 is 79.2 Å². The number of nitrogens with zero attached hydrogens (tertiary/aromatic N) is 3. The van der Waals surface area contributed by atoms with E-state index in [1.165, 1.54) is 0 Å². The number of esters is 5. The summed E-state index contributed by atoms with van der Waals surface area (Å²) < 4.78 is 45.2. The Morgan fingerprint density at radius 3 is 2.15 bits per heavy atom. The first kappa shape index (κ1) is 27.6. The number of azide groups is 1. The molecule has 0 radical (unpaired) electrons. The van der Waals surface area contributed by atoms with E-state index in [1.54, 1.807) is 0 Å². The molecule has 1 heterocycles. The molecule has 1 saturated heterocycles. The Bertz CT molecular complexity index is 831. The van der Waals surface area contributed by atoms with E-state index in [9.17, 15) is 24.0 Å². The van der Waals surface area contributed by atoms with Gasteiger partial charge in [-0.2, -0.15) is 4.39 Å². The van der Waals surface area contributed by atoms with Crippen LogP contribution in [0.25, 0.3) is 10.4 Å². The molecular formula is C18H24FN3O11. The largest absolute Gasteiger partial charge is 0.465 e. The average molecular weight is 477 g/mol. The molecule has 0 spiro atoms. The number of halogens is 1. The van der Waals surface area contributed by atoms with E-state index in [-0.39, 0.29) is 0 Å². The van der Waals surface area contributed by atoms with Crippen LogP contribution in [0.4, 0.5) is 4.39 Å². The standard InChI is InChI=1S/C18H24FN3O11/c1-8(23)29-7-13(31-10(3)25)15(32-11(4)26)16-14(21-22-20)12(30-9(2)24)6-18(19,33-16)17(27)28-5/h12-16H,6-7H2,1-5H3/t12-,13+,14+,15+,16+,18-/m0/s1. The van der Waals surface area contributed by atoms with Gasteiger partial charge in [-0.3, -0.25) is 19.2 Å². The molecule has 1 aliphatic heterocycles. The molecule has 184 valence electrons. The molecule has 1 rings (SSSR count). The van der Waals surface area contributed by atoms with Crippen molar-refractivity contribution in [2.45, 2.75) is 70.4 Å². The monoisotopic (exact) mass is 477 g/mol.